The number of nitrogens with one attached hydrogen (secondary N) is 1. The van der Waals surface area contributed by atoms with Gasteiger partial charge in [-0.15, -0.1) is 0 Å². The summed E-state index contributed by atoms with van der Waals surface area (Å²) in [5.74, 6) is 0. The second-order valence-electron chi connectivity index (χ2n) is 5.19. The lowest BCUT2D eigenvalue weighted by molar-refractivity contribution is 0.178. The molecule has 0 radical (unpaired) electrons. The molecule has 0 aromatic carbocycles. The highest BCUT2D eigenvalue weighted by Gasteiger charge is 2.35. The lowest BCUT2D eigenvalue weighted by Gasteiger charge is -2.31. The van der Waals surface area contributed by atoms with Crippen molar-refractivity contribution in [3.63, 3.8) is 0 Å². The van der Waals surface area contributed by atoms with E-state index in [1.165, 1.54) is 0 Å². The molecular formula is C13H19N3O. The van der Waals surface area contributed by atoms with Crippen molar-refractivity contribution in [2.45, 2.75) is 39.2 Å². The van der Waals surface area contributed by atoms with E-state index in [0.717, 1.165) is 30.6 Å². The van der Waals surface area contributed by atoms with E-state index in [0.29, 0.717) is 0 Å². The molecule has 92 valence electrons. The number of nitrogens with zero attached hydrogens (tertiary/aromatic N) is 2. The number of likely N-dealkylation sites (tertiary alicyclic amines) is 1. The second kappa shape index (κ2) is 4.35. The van der Waals surface area contributed by atoms with E-state index in [-0.39, 0.29) is 11.6 Å². The van der Waals surface area contributed by atoms with Gasteiger partial charge in [-0.3, -0.25) is 4.98 Å². The molecule has 0 unspecified atom stereocenters. The first kappa shape index (κ1) is 11.9. The monoisotopic (exact) mass is 233 g/mol. The maximum atomic E-state index is 12.2. The van der Waals surface area contributed by atoms with E-state index in [4.69, 9.17) is 0 Å². The van der Waals surface area contributed by atoms with Gasteiger partial charge in [0.05, 0.1) is 0 Å². The first-order valence-corrected chi connectivity index (χ1v) is 6.00. The van der Waals surface area contributed by atoms with Crippen LogP contribution in [0.15, 0.2) is 18.5 Å². The van der Waals surface area contributed by atoms with Crippen LogP contribution in [0.3, 0.4) is 0 Å². The summed E-state index contributed by atoms with van der Waals surface area (Å²) in [6.45, 7) is 7.00. The number of urea groups is 1. The molecule has 1 aliphatic heterocycles. The normalized spacial score (nSPS) is 18.2. The van der Waals surface area contributed by atoms with Crippen LogP contribution in [0, 0.1) is 6.92 Å². The number of anilines is 1. The molecule has 1 aromatic rings. The molecule has 2 amide bonds. The van der Waals surface area contributed by atoms with Crippen molar-refractivity contribution in [2.24, 2.45) is 0 Å². The van der Waals surface area contributed by atoms with E-state index >= 15 is 0 Å². The van der Waals surface area contributed by atoms with Crippen LogP contribution in [0.25, 0.3) is 0 Å². The maximum absolute atomic E-state index is 12.2. The predicted octanol–water partition coefficient (Wildman–Crippen LogP) is 2.80. The molecule has 4 nitrogen and oxygen atoms in total. The first-order valence-electron chi connectivity index (χ1n) is 6.00. The van der Waals surface area contributed by atoms with Crippen LogP contribution in [0.4, 0.5) is 10.5 Å². The fourth-order valence-electron chi connectivity index (χ4n) is 2.28. The standard InChI is InChI=1S/C13H19N3O/c1-10-9-14-7-5-11(10)15-12(17)16-8-4-6-13(16,2)3/h5,7,9H,4,6,8H2,1-3H3,(H,14,15,17). The van der Waals surface area contributed by atoms with E-state index in [1.807, 2.05) is 17.9 Å². The Morgan fingerprint density at radius 3 is 2.88 bits per heavy atom. The lowest BCUT2D eigenvalue weighted by atomic mass is 10.0. The van der Waals surface area contributed by atoms with Gasteiger partial charge in [0.15, 0.2) is 0 Å². The van der Waals surface area contributed by atoms with Crippen LogP contribution in [0.1, 0.15) is 32.3 Å². The van der Waals surface area contributed by atoms with Crippen molar-refractivity contribution >= 4 is 11.7 Å². The molecule has 2 heterocycles. The molecule has 0 saturated carbocycles. The SMILES string of the molecule is Cc1cnccc1NC(=O)N1CCCC1(C)C. The molecule has 2 rings (SSSR count). The number of carbonyl (C=O) groups is 1. The van der Waals surface area contributed by atoms with Gasteiger partial charge in [0, 0.05) is 30.2 Å². The highest BCUT2D eigenvalue weighted by molar-refractivity contribution is 5.90. The third kappa shape index (κ3) is 2.40. The minimum atomic E-state index is -0.0367. The van der Waals surface area contributed by atoms with Crippen molar-refractivity contribution < 1.29 is 4.79 Å². The molecule has 1 aromatic heterocycles. The number of carbonyl (C=O) groups excluding carboxylic acids is 1. The number of pyridine rings is 1. The van der Waals surface area contributed by atoms with Crippen LogP contribution in [0.5, 0.6) is 0 Å². The van der Waals surface area contributed by atoms with Gasteiger partial charge in [0.1, 0.15) is 0 Å². The average molecular weight is 233 g/mol. The van der Waals surface area contributed by atoms with Gasteiger partial charge in [-0.25, -0.2) is 4.79 Å². The Morgan fingerprint density at radius 1 is 1.53 bits per heavy atom. The van der Waals surface area contributed by atoms with Gasteiger partial charge in [-0.05, 0) is 45.2 Å². The first-order chi connectivity index (χ1) is 8.00. The third-order valence-electron chi connectivity index (χ3n) is 3.41. The van der Waals surface area contributed by atoms with Gasteiger partial charge in [-0.2, -0.15) is 0 Å². The third-order valence-corrected chi connectivity index (χ3v) is 3.41. The Hall–Kier alpha value is -1.58. The van der Waals surface area contributed by atoms with E-state index in [9.17, 15) is 4.79 Å². The quantitative estimate of drug-likeness (QED) is 0.810. The van der Waals surface area contributed by atoms with Gasteiger partial charge >= 0.3 is 6.03 Å². The summed E-state index contributed by atoms with van der Waals surface area (Å²) in [4.78, 5) is 18.1. The Morgan fingerprint density at radius 2 is 2.29 bits per heavy atom. The Bertz CT molecular complexity index is 428. The number of hydrogen-bond donors (Lipinski definition) is 1. The predicted molar refractivity (Wildman–Crippen MR) is 68.0 cm³/mol. The number of rotatable bonds is 1. The largest absolute Gasteiger partial charge is 0.322 e. The smallest absolute Gasteiger partial charge is 0.319 e. The zero-order valence-electron chi connectivity index (χ0n) is 10.7. The molecule has 17 heavy (non-hydrogen) atoms. The number of aryl methyl sites for hydroxylation is 1. The van der Waals surface area contributed by atoms with Crippen molar-refractivity contribution in [3.05, 3.63) is 24.0 Å². The second-order valence-corrected chi connectivity index (χ2v) is 5.19. The molecule has 1 fully saturated rings. The molecule has 0 spiro atoms. The summed E-state index contributed by atoms with van der Waals surface area (Å²) < 4.78 is 0. The topological polar surface area (TPSA) is 45.2 Å². The Balaban J connectivity index is 2.10. The molecule has 0 aliphatic carbocycles. The average Bonchev–Trinajstić information content (AvgIpc) is 2.61. The molecule has 0 bridgehead atoms. The van der Waals surface area contributed by atoms with Crippen LogP contribution in [-0.4, -0.2) is 28.0 Å². The summed E-state index contributed by atoms with van der Waals surface area (Å²) in [5.41, 5.74) is 1.79. The molecule has 1 aliphatic rings. The van der Waals surface area contributed by atoms with Crippen LogP contribution in [0.2, 0.25) is 0 Å². The summed E-state index contributed by atoms with van der Waals surface area (Å²) in [5, 5.41) is 2.95. The highest BCUT2D eigenvalue weighted by atomic mass is 16.2. The fourth-order valence-corrected chi connectivity index (χ4v) is 2.28. The van der Waals surface area contributed by atoms with Gasteiger partial charge in [0.25, 0.3) is 0 Å². The van der Waals surface area contributed by atoms with Gasteiger partial charge < -0.3 is 10.2 Å². The maximum Gasteiger partial charge on any atom is 0.322 e. The van der Waals surface area contributed by atoms with Crippen LogP contribution >= 0.6 is 0 Å². The summed E-state index contributed by atoms with van der Waals surface area (Å²) in [7, 11) is 0. The highest BCUT2D eigenvalue weighted by Crippen LogP contribution is 2.28. The van der Waals surface area contributed by atoms with E-state index < -0.39 is 0 Å². The molecular weight excluding hydrogens is 214 g/mol. The minimum Gasteiger partial charge on any atom is -0.319 e. The molecule has 0 atom stereocenters. The Labute approximate surface area is 102 Å². The minimum absolute atomic E-state index is 0.0122. The van der Waals surface area contributed by atoms with E-state index in [1.54, 1.807) is 12.4 Å². The number of hydrogen-bond acceptors (Lipinski definition) is 2. The molecule has 4 heteroatoms. The zero-order valence-corrected chi connectivity index (χ0v) is 10.7. The lowest BCUT2D eigenvalue weighted by Crippen LogP contribution is -2.45. The fraction of sp³-hybridized carbons (Fsp3) is 0.538. The van der Waals surface area contributed by atoms with Crippen LogP contribution < -0.4 is 5.32 Å². The van der Waals surface area contributed by atoms with Crippen LogP contribution in [-0.2, 0) is 0 Å². The summed E-state index contributed by atoms with van der Waals surface area (Å²) in [6, 6.07) is 1.82. The Kier molecular flexibility index (Phi) is 3.05. The molecule has 1 saturated heterocycles. The molecule has 1 N–H and O–H groups in total. The number of aromatic nitrogens is 1. The summed E-state index contributed by atoms with van der Waals surface area (Å²) in [6.07, 6.45) is 5.59. The van der Waals surface area contributed by atoms with Crippen molar-refractivity contribution in [2.75, 3.05) is 11.9 Å². The van der Waals surface area contributed by atoms with Crippen molar-refractivity contribution in [3.8, 4) is 0 Å². The summed E-state index contributed by atoms with van der Waals surface area (Å²) >= 11 is 0. The van der Waals surface area contributed by atoms with Gasteiger partial charge in [-0.1, -0.05) is 0 Å². The van der Waals surface area contributed by atoms with Crippen molar-refractivity contribution in [1.82, 2.24) is 9.88 Å². The van der Waals surface area contributed by atoms with Gasteiger partial charge in [0.2, 0.25) is 0 Å². The van der Waals surface area contributed by atoms with E-state index in [2.05, 4.69) is 24.1 Å². The number of amides is 2. The zero-order chi connectivity index (χ0) is 12.5. The van der Waals surface area contributed by atoms with Crippen molar-refractivity contribution in [1.29, 1.82) is 0 Å².